The molecule has 0 atom stereocenters. The number of hydrogen-bond donors (Lipinski definition) is 2. The van der Waals surface area contributed by atoms with E-state index in [0.29, 0.717) is 5.56 Å². The molecule has 7 nitrogen and oxygen atoms in total. The number of alkyl halides is 3. The molecule has 0 saturated carbocycles. The highest BCUT2D eigenvalue weighted by atomic mass is 19.4. The molecule has 3 aromatic rings. The van der Waals surface area contributed by atoms with Crippen LogP contribution < -0.4 is 11.1 Å². The molecule has 31 heavy (non-hydrogen) atoms. The number of rotatable bonds is 6. The molecule has 0 fully saturated rings. The van der Waals surface area contributed by atoms with Gasteiger partial charge in [0, 0.05) is 23.5 Å². The third kappa shape index (κ3) is 5.04. The van der Waals surface area contributed by atoms with Gasteiger partial charge in [-0.3, -0.25) is 9.78 Å². The summed E-state index contributed by atoms with van der Waals surface area (Å²) in [5.74, 6) is -0.363. The quantitative estimate of drug-likeness (QED) is 0.461. The van der Waals surface area contributed by atoms with Crippen LogP contribution in [-0.2, 0) is 11.0 Å². The lowest BCUT2D eigenvalue weighted by Crippen LogP contribution is -2.15. The highest BCUT2D eigenvalue weighted by molar-refractivity contribution is 6.05. The summed E-state index contributed by atoms with van der Waals surface area (Å²) >= 11 is 0. The summed E-state index contributed by atoms with van der Waals surface area (Å²) in [5, 5.41) is 6.60. The van der Waals surface area contributed by atoms with Crippen LogP contribution in [0.3, 0.4) is 0 Å². The van der Waals surface area contributed by atoms with Crippen LogP contribution in [0.25, 0.3) is 16.9 Å². The minimum absolute atomic E-state index is 0.0733. The number of hydrogen-bond acceptors (Lipinski definition) is 5. The molecular formula is C21H17F3N6O. The van der Waals surface area contributed by atoms with Gasteiger partial charge in [0.15, 0.2) is 0 Å². The lowest BCUT2D eigenvalue weighted by Gasteiger charge is -2.10. The molecule has 10 heteroatoms. The summed E-state index contributed by atoms with van der Waals surface area (Å²) in [4.78, 5) is 20.2. The predicted octanol–water partition coefficient (Wildman–Crippen LogP) is 3.87. The SMILES string of the molecule is C=C/C=C(\C=C/N)C(=O)Nc1ccc(-n2nc(-c3cccnc3)cc2C(F)(F)F)cn1. The van der Waals surface area contributed by atoms with Crippen LogP contribution in [0.15, 0.2) is 85.5 Å². The molecule has 0 aliphatic heterocycles. The van der Waals surface area contributed by atoms with Crippen LogP contribution >= 0.6 is 0 Å². The molecule has 0 aromatic carbocycles. The van der Waals surface area contributed by atoms with Crippen LogP contribution in [0, 0.1) is 0 Å². The van der Waals surface area contributed by atoms with Crippen molar-refractivity contribution in [1.29, 1.82) is 0 Å². The van der Waals surface area contributed by atoms with Crippen molar-refractivity contribution in [1.82, 2.24) is 19.7 Å². The van der Waals surface area contributed by atoms with E-state index in [-0.39, 0.29) is 22.8 Å². The number of nitrogens with one attached hydrogen (secondary N) is 1. The number of carbonyl (C=O) groups is 1. The summed E-state index contributed by atoms with van der Waals surface area (Å²) in [6.45, 7) is 3.52. The van der Waals surface area contributed by atoms with Gasteiger partial charge in [-0.1, -0.05) is 12.7 Å². The van der Waals surface area contributed by atoms with Gasteiger partial charge in [-0.25, -0.2) is 9.67 Å². The molecule has 0 radical (unpaired) electrons. The zero-order chi connectivity index (χ0) is 22.4. The molecule has 3 N–H and O–H groups in total. The second-order valence-corrected chi connectivity index (χ2v) is 6.14. The van der Waals surface area contributed by atoms with Crippen LogP contribution in [0.4, 0.5) is 19.0 Å². The van der Waals surface area contributed by atoms with Gasteiger partial charge >= 0.3 is 6.18 Å². The molecule has 3 rings (SSSR count). The van der Waals surface area contributed by atoms with Crippen molar-refractivity contribution in [3.63, 3.8) is 0 Å². The fourth-order valence-corrected chi connectivity index (χ4v) is 2.65. The van der Waals surface area contributed by atoms with Gasteiger partial charge in [0.2, 0.25) is 0 Å². The van der Waals surface area contributed by atoms with E-state index in [1.807, 2.05) is 0 Å². The second-order valence-electron chi connectivity index (χ2n) is 6.14. The maximum atomic E-state index is 13.6. The van der Waals surface area contributed by atoms with Gasteiger partial charge in [-0.15, -0.1) is 0 Å². The minimum Gasteiger partial charge on any atom is -0.405 e. The van der Waals surface area contributed by atoms with Crippen LogP contribution in [0.1, 0.15) is 5.69 Å². The predicted molar refractivity (Wildman–Crippen MR) is 110 cm³/mol. The fraction of sp³-hybridized carbons (Fsp3) is 0.0476. The number of amides is 1. The van der Waals surface area contributed by atoms with E-state index >= 15 is 0 Å². The van der Waals surface area contributed by atoms with E-state index in [1.54, 1.807) is 12.1 Å². The van der Waals surface area contributed by atoms with Crippen molar-refractivity contribution in [2.24, 2.45) is 5.73 Å². The van der Waals surface area contributed by atoms with Gasteiger partial charge < -0.3 is 11.1 Å². The molecular weight excluding hydrogens is 409 g/mol. The Morgan fingerprint density at radius 2 is 2.03 bits per heavy atom. The normalized spacial score (nSPS) is 12.2. The maximum absolute atomic E-state index is 13.6. The average molecular weight is 426 g/mol. The summed E-state index contributed by atoms with van der Waals surface area (Å²) < 4.78 is 41.4. The van der Waals surface area contributed by atoms with Crippen molar-refractivity contribution < 1.29 is 18.0 Å². The molecule has 0 aliphatic carbocycles. The van der Waals surface area contributed by atoms with Gasteiger partial charge in [0.05, 0.1) is 17.6 Å². The molecule has 0 bridgehead atoms. The number of halogens is 3. The lowest BCUT2D eigenvalue weighted by molar-refractivity contribution is -0.142. The highest BCUT2D eigenvalue weighted by Crippen LogP contribution is 2.33. The first-order valence-corrected chi connectivity index (χ1v) is 8.90. The summed E-state index contributed by atoms with van der Waals surface area (Å²) in [6, 6.07) is 6.90. The van der Waals surface area contributed by atoms with Crippen LogP contribution in [-0.4, -0.2) is 25.7 Å². The molecule has 3 heterocycles. The first-order valence-electron chi connectivity index (χ1n) is 8.90. The number of aromatic nitrogens is 4. The average Bonchev–Trinajstić information content (AvgIpc) is 3.21. The number of nitrogens with two attached hydrogens (primary N) is 1. The largest absolute Gasteiger partial charge is 0.433 e. The monoisotopic (exact) mass is 426 g/mol. The molecule has 3 aromatic heterocycles. The smallest absolute Gasteiger partial charge is 0.405 e. The maximum Gasteiger partial charge on any atom is 0.433 e. The highest BCUT2D eigenvalue weighted by Gasteiger charge is 2.36. The van der Waals surface area contributed by atoms with Gasteiger partial charge in [0.25, 0.3) is 5.91 Å². The Labute approximate surface area is 175 Å². The third-order valence-electron chi connectivity index (χ3n) is 4.03. The minimum atomic E-state index is -4.64. The Bertz CT molecular complexity index is 1130. The van der Waals surface area contributed by atoms with Crippen molar-refractivity contribution in [3.05, 3.63) is 91.2 Å². The van der Waals surface area contributed by atoms with E-state index in [2.05, 4.69) is 27.0 Å². The van der Waals surface area contributed by atoms with E-state index in [0.717, 1.165) is 10.7 Å². The first kappa shape index (κ1) is 21.5. The summed E-state index contributed by atoms with van der Waals surface area (Å²) in [7, 11) is 0. The molecule has 0 saturated heterocycles. The molecule has 158 valence electrons. The van der Waals surface area contributed by atoms with E-state index in [1.165, 1.54) is 55.2 Å². The van der Waals surface area contributed by atoms with E-state index < -0.39 is 17.8 Å². The zero-order valence-corrected chi connectivity index (χ0v) is 16.0. The van der Waals surface area contributed by atoms with Gasteiger partial charge in [-0.2, -0.15) is 18.3 Å². The summed E-state index contributed by atoms with van der Waals surface area (Å²) in [6.07, 6.45) is 4.93. The summed E-state index contributed by atoms with van der Waals surface area (Å²) in [5.41, 5.74) is 5.21. The van der Waals surface area contributed by atoms with Crippen molar-refractivity contribution in [2.45, 2.75) is 6.18 Å². The second kappa shape index (κ2) is 9.08. The van der Waals surface area contributed by atoms with Crippen molar-refractivity contribution >= 4 is 11.7 Å². The van der Waals surface area contributed by atoms with Crippen LogP contribution in [0.2, 0.25) is 0 Å². The molecule has 0 aliphatic rings. The Morgan fingerprint density at radius 3 is 2.61 bits per heavy atom. The number of pyridine rings is 2. The Hall–Kier alpha value is -4.21. The van der Waals surface area contributed by atoms with E-state index in [9.17, 15) is 18.0 Å². The van der Waals surface area contributed by atoms with Gasteiger partial charge in [-0.05, 0) is 48.7 Å². The fourth-order valence-electron chi connectivity index (χ4n) is 2.65. The van der Waals surface area contributed by atoms with E-state index in [4.69, 9.17) is 5.73 Å². The zero-order valence-electron chi connectivity index (χ0n) is 16.0. The number of nitrogens with zero attached hydrogens (tertiary/aromatic N) is 4. The first-order chi connectivity index (χ1) is 14.8. The molecule has 1 amide bonds. The molecule has 0 unspecified atom stereocenters. The Kier molecular flexibility index (Phi) is 6.29. The van der Waals surface area contributed by atoms with Crippen molar-refractivity contribution in [3.8, 4) is 16.9 Å². The van der Waals surface area contributed by atoms with Gasteiger partial charge in [0.1, 0.15) is 11.5 Å². The van der Waals surface area contributed by atoms with Crippen molar-refractivity contribution in [2.75, 3.05) is 5.32 Å². The third-order valence-corrected chi connectivity index (χ3v) is 4.03. The number of anilines is 1. The topological polar surface area (TPSA) is 98.7 Å². The standard InChI is InChI=1S/C21H17F3N6O/c1-2-4-14(8-9-25)20(31)28-19-7-6-16(13-27-19)30-18(21(22,23)24)11-17(29-30)15-5-3-10-26-12-15/h2-13H,1,25H2,(H,27,28,31)/b9-8-,14-4+. The number of allylic oxidation sites excluding steroid dienone is 2. The Balaban J connectivity index is 1.92. The molecule has 0 spiro atoms. The van der Waals surface area contributed by atoms with Crippen LogP contribution in [0.5, 0.6) is 0 Å². The lowest BCUT2D eigenvalue weighted by atomic mass is 10.2. The Morgan fingerprint density at radius 1 is 1.23 bits per heavy atom. The number of carbonyl (C=O) groups excluding carboxylic acids is 1.